The van der Waals surface area contributed by atoms with E-state index in [-0.39, 0.29) is 27.1 Å². The number of aliphatic hydroxyl groups is 1. The lowest BCUT2D eigenvalue weighted by atomic mass is 9.95. The van der Waals surface area contributed by atoms with Gasteiger partial charge in [-0.2, -0.15) is 0 Å². The van der Waals surface area contributed by atoms with Gasteiger partial charge in [0.2, 0.25) is 5.95 Å². The van der Waals surface area contributed by atoms with Gasteiger partial charge in [-0.3, -0.25) is 14.5 Å². The first-order valence-corrected chi connectivity index (χ1v) is 10.6. The number of hydrogen-bond donors (Lipinski definition) is 2. The Hall–Kier alpha value is -3.68. The molecule has 4 aromatic rings. The number of aliphatic hydroxyl groups excluding tert-OH is 1. The molecular weight excluding hydrogens is 468 g/mol. The van der Waals surface area contributed by atoms with Gasteiger partial charge in [0.25, 0.3) is 5.78 Å². The predicted molar refractivity (Wildman–Crippen MR) is 124 cm³/mol. The van der Waals surface area contributed by atoms with Crippen LogP contribution in [0.4, 0.5) is 10.3 Å². The molecule has 33 heavy (non-hydrogen) atoms. The molecule has 1 aliphatic heterocycles. The SMILES string of the molecule is O=C1C(=O)N(c2nc3ccc(F)cc3[nH]2)C(c2ccccc2)/C1=C(\O)c1ccc(Cl)c(Cl)c1. The van der Waals surface area contributed by atoms with Crippen LogP contribution in [0.15, 0.2) is 72.3 Å². The number of carbonyl (C=O) groups excluding carboxylic acids is 2. The van der Waals surface area contributed by atoms with Crippen LogP contribution in [0.1, 0.15) is 17.2 Å². The fourth-order valence-corrected chi connectivity index (χ4v) is 4.18. The van der Waals surface area contributed by atoms with E-state index >= 15 is 0 Å². The quantitative estimate of drug-likeness (QED) is 0.225. The van der Waals surface area contributed by atoms with Crippen LogP contribution in [0.3, 0.4) is 0 Å². The van der Waals surface area contributed by atoms with Gasteiger partial charge in [0.1, 0.15) is 11.6 Å². The number of H-pyrrole nitrogens is 1. The third kappa shape index (κ3) is 3.55. The minimum atomic E-state index is -0.980. The number of ketones is 1. The van der Waals surface area contributed by atoms with E-state index in [1.807, 2.05) is 0 Å². The van der Waals surface area contributed by atoms with Gasteiger partial charge in [-0.15, -0.1) is 0 Å². The summed E-state index contributed by atoms with van der Waals surface area (Å²) in [6, 6.07) is 16.1. The molecule has 164 valence electrons. The van der Waals surface area contributed by atoms with Gasteiger partial charge >= 0.3 is 5.91 Å². The van der Waals surface area contributed by atoms with Crippen LogP contribution in [0.25, 0.3) is 16.8 Å². The normalized spacial score (nSPS) is 17.8. The molecule has 1 aliphatic rings. The highest BCUT2D eigenvalue weighted by molar-refractivity contribution is 6.51. The molecule has 3 aromatic carbocycles. The third-order valence-electron chi connectivity index (χ3n) is 5.41. The summed E-state index contributed by atoms with van der Waals surface area (Å²) < 4.78 is 13.7. The Morgan fingerprint density at radius 1 is 1.00 bits per heavy atom. The number of benzene rings is 3. The number of hydrogen-bond acceptors (Lipinski definition) is 4. The number of carbonyl (C=O) groups is 2. The van der Waals surface area contributed by atoms with Crippen molar-refractivity contribution in [3.05, 3.63) is 99.3 Å². The molecule has 0 saturated carbocycles. The lowest BCUT2D eigenvalue weighted by Gasteiger charge is -2.23. The molecule has 1 fully saturated rings. The first kappa shape index (κ1) is 21.2. The van der Waals surface area contributed by atoms with E-state index in [2.05, 4.69) is 9.97 Å². The average molecular weight is 482 g/mol. The van der Waals surface area contributed by atoms with Gasteiger partial charge in [-0.05, 0) is 42.0 Å². The first-order valence-electron chi connectivity index (χ1n) is 9.82. The maximum atomic E-state index is 13.7. The van der Waals surface area contributed by atoms with Crippen LogP contribution in [0.5, 0.6) is 0 Å². The molecule has 1 aromatic heterocycles. The molecule has 6 nitrogen and oxygen atoms in total. The molecule has 5 rings (SSSR count). The number of Topliss-reactive ketones (excluding diaryl/α,β-unsaturated/α-hetero) is 1. The Balaban J connectivity index is 1.73. The highest BCUT2D eigenvalue weighted by Crippen LogP contribution is 2.42. The number of rotatable bonds is 3. The van der Waals surface area contributed by atoms with Crippen molar-refractivity contribution in [1.29, 1.82) is 0 Å². The zero-order chi connectivity index (χ0) is 23.3. The summed E-state index contributed by atoms with van der Waals surface area (Å²) >= 11 is 12.1. The Morgan fingerprint density at radius 3 is 2.48 bits per heavy atom. The molecule has 1 saturated heterocycles. The van der Waals surface area contributed by atoms with Crippen LogP contribution in [0.2, 0.25) is 10.0 Å². The van der Waals surface area contributed by atoms with Crippen molar-refractivity contribution < 1.29 is 19.1 Å². The van der Waals surface area contributed by atoms with E-state index < -0.39 is 29.3 Å². The number of fused-ring (bicyclic) bond motifs is 1. The Bertz CT molecular complexity index is 1470. The van der Waals surface area contributed by atoms with Crippen molar-refractivity contribution >= 4 is 57.6 Å². The minimum absolute atomic E-state index is 0.0553. The number of halogens is 3. The van der Waals surface area contributed by atoms with E-state index in [1.165, 1.54) is 41.3 Å². The standard InChI is InChI=1S/C24H14Cl2FN3O3/c25-15-8-6-13(10-16(15)26)21(31)19-20(12-4-2-1-3-5-12)30(23(33)22(19)32)24-28-17-9-7-14(27)11-18(17)29-24/h1-11,20,31H,(H,28,29)/b21-19+. The maximum absolute atomic E-state index is 13.7. The fourth-order valence-electron chi connectivity index (χ4n) is 3.88. The molecular formula is C24H14Cl2FN3O3. The smallest absolute Gasteiger partial charge is 0.302 e. The summed E-state index contributed by atoms with van der Waals surface area (Å²) in [5, 5.41) is 11.6. The van der Waals surface area contributed by atoms with Gasteiger partial charge in [0, 0.05) is 5.56 Å². The Labute approximate surface area is 196 Å². The second kappa shape index (κ2) is 8.03. The van der Waals surface area contributed by atoms with Crippen LogP contribution in [-0.2, 0) is 9.59 Å². The second-order valence-electron chi connectivity index (χ2n) is 7.43. The molecule has 0 spiro atoms. The summed E-state index contributed by atoms with van der Waals surface area (Å²) in [5.41, 5.74) is 1.46. The summed E-state index contributed by atoms with van der Waals surface area (Å²) in [5.74, 6) is -2.59. The lowest BCUT2D eigenvalue weighted by Crippen LogP contribution is -2.30. The van der Waals surface area contributed by atoms with Crippen LogP contribution in [0, 0.1) is 5.82 Å². The van der Waals surface area contributed by atoms with Crippen molar-refractivity contribution in [2.75, 3.05) is 4.90 Å². The zero-order valence-electron chi connectivity index (χ0n) is 16.7. The third-order valence-corrected chi connectivity index (χ3v) is 6.15. The maximum Gasteiger partial charge on any atom is 0.302 e. The van der Waals surface area contributed by atoms with Gasteiger partial charge in [-0.1, -0.05) is 53.5 Å². The summed E-state index contributed by atoms with van der Waals surface area (Å²) in [6.45, 7) is 0. The zero-order valence-corrected chi connectivity index (χ0v) is 18.2. The van der Waals surface area contributed by atoms with Gasteiger partial charge in [0.15, 0.2) is 0 Å². The van der Waals surface area contributed by atoms with E-state index in [1.54, 1.807) is 30.3 Å². The van der Waals surface area contributed by atoms with Crippen molar-refractivity contribution in [2.24, 2.45) is 0 Å². The van der Waals surface area contributed by atoms with E-state index in [9.17, 15) is 19.1 Å². The first-order chi connectivity index (χ1) is 15.8. The second-order valence-corrected chi connectivity index (χ2v) is 8.24. The highest BCUT2D eigenvalue weighted by atomic mass is 35.5. The molecule has 0 radical (unpaired) electrons. The van der Waals surface area contributed by atoms with Crippen molar-refractivity contribution in [3.63, 3.8) is 0 Å². The van der Waals surface area contributed by atoms with Gasteiger partial charge in [-0.25, -0.2) is 9.37 Å². The number of imidazole rings is 1. The van der Waals surface area contributed by atoms with Crippen LogP contribution >= 0.6 is 23.2 Å². The molecule has 0 bridgehead atoms. The largest absolute Gasteiger partial charge is 0.507 e. The van der Waals surface area contributed by atoms with E-state index in [0.717, 1.165) is 0 Å². The summed E-state index contributed by atoms with van der Waals surface area (Å²) in [7, 11) is 0. The van der Waals surface area contributed by atoms with Crippen molar-refractivity contribution in [2.45, 2.75) is 6.04 Å². The van der Waals surface area contributed by atoms with Crippen LogP contribution in [-0.4, -0.2) is 26.8 Å². The predicted octanol–water partition coefficient (Wildman–Crippen LogP) is 5.64. The van der Waals surface area contributed by atoms with Crippen molar-refractivity contribution in [3.8, 4) is 0 Å². The van der Waals surface area contributed by atoms with Gasteiger partial charge in [0.05, 0.1) is 32.7 Å². The Kier molecular flexibility index (Phi) is 5.15. The molecule has 9 heteroatoms. The molecule has 1 atom stereocenters. The number of aromatic amines is 1. The molecule has 1 amide bonds. The lowest BCUT2D eigenvalue weighted by molar-refractivity contribution is -0.132. The summed E-state index contributed by atoms with van der Waals surface area (Å²) in [6.07, 6.45) is 0. The summed E-state index contributed by atoms with van der Waals surface area (Å²) in [4.78, 5) is 34.7. The number of nitrogens with one attached hydrogen (secondary N) is 1. The van der Waals surface area contributed by atoms with E-state index in [0.29, 0.717) is 16.6 Å². The number of aromatic nitrogens is 2. The monoisotopic (exact) mass is 481 g/mol. The number of amides is 1. The number of anilines is 1. The van der Waals surface area contributed by atoms with Crippen molar-refractivity contribution in [1.82, 2.24) is 9.97 Å². The molecule has 0 aliphatic carbocycles. The average Bonchev–Trinajstić information content (AvgIpc) is 3.33. The van der Waals surface area contributed by atoms with Gasteiger partial charge < -0.3 is 10.1 Å². The molecule has 2 heterocycles. The van der Waals surface area contributed by atoms with E-state index in [4.69, 9.17) is 23.2 Å². The highest BCUT2D eigenvalue weighted by Gasteiger charge is 2.48. The molecule has 1 unspecified atom stereocenters. The fraction of sp³-hybridized carbons (Fsp3) is 0.0417. The molecule has 2 N–H and O–H groups in total. The topological polar surface area (TPSA) is 86.3 Å². The van der Waals surface area contributed by atoms with Crippen LogP contribution < -0.4 is 4.90 Å². The Morgan fingerprint density at radius 2 is 1.76 bits per heavy atom. The minimum Gasteiger partial charge on any atom is -0.507 e. The number of nitrogens with zero attached hydrogens (tertiary/aromatic N) is 2.